The van der Waals surface area contributed by atoms with Crippen molar-refractivity contribution in [3.63, 3.8) is 0 Å². The van der Waals surface area contributed by atoms with Gasteiger partial charge in [0.1, 0.15) is 0 Å². The molecular formula is C22H29F3IN3O3. The van der Waals surface area contributed by atoms with Crippen LogP contribution in [-0.4, -0.2) is 38.9 Å². The summed E-state index contributed by atoms with van der Waals surface area (Å²) in [5, 5.41) is 16.3. The minimum Gasteiger partial charge on any atom is -0.502 e. The van der Waals surface area contributed by atoms with Crippen molar-refractivity contribution in [2.24, 2.45) is 4.99 Å². The number of nitrogens with one attached hydrogen (secondary N) is 2. The number of aromatic hydroxyl groups is 1. The van der Waals surface area contributed by atoms with Crippen LogP contribution in [0.2, 0.25) is 0 Å². The molecule has 0 bridgehead atoms. The summed E-state index contributed by atoms with van der Waals surface area (Å²) < 4.78 is 49.0. The van der Waals surface area contributed by atoms with Gasteiger partial charge < -0.3 is 25.2 Å². The molecule has 0 radical (unpaired) electrons. The third-order valence-corrected chi connectivity index (χ3v) is 4.88. The molecule has 2 aromatic rings. The molecule has 0 amide bonds. The molecule has 10 heteroatoms. The summed E-state index contributed by atoms with van der Waals surface area (Å²) in [6.07, 6.45) is -3.72. The van der Waals surface area contributed by atoms with Gasteiger partial charge in [0.15, 0.2) is 17.5 Å². The quantitative estimate of drug-likeness (QED) is 0.240. The average molecular weight is 567 g/mol. The van der Waals surface area contributed by atoms with Crippen LogP contribution in [0.3, 0.4) is 0 Å². The number of aliphatic imine (C=N–C) groups is 1. The first-order valence-corrected chi connectivity index (χ1v) is 9.75. The lowest BCUT2D eigenvalue weighted by Gasteiger charge is -2.17. The van der Waals surface area contributed by atoms with E-state index in [-0.39, 0.29) is 35.6 Å². The van der Waals surface area contributed by atoms with E-state index in [4.69, 9.17) is 9.47 Å². The molecule has 2 rings (SSSR count). The monoisotopic (exact) mass is 567 g/mol. The molecule has 178 valence electrons. The molecule has 0 saturated carbocycles. The topological polar surface area (TPSA) is 75.1 Å². The summed E-state index contributed by atoms with van der Waals surface area (Å²) in [4.78, 5) is 4.16. The molecule has 0 saturated heterocycles. The van der Waals surface area contributed by atoms with Crippen LogP contribution in [0.25, 0.3) is 0 Å². The number of hydrogen-bond acceptors (Lipinski definition) is 4. The standard InChI is InChI=1S/C22H28F3N3O3.HI/c1-14(16-6-5-7-17(12-16)22(23,24)25)8-9-27-21(26-2)28-13-15-10-18(30-3)20(29)19(11-15)31-4;/h5-7,10-12,14,29H,8-9,13H2,1-4H3,(H2,26,27,28);1H. The fourth-order valence-corrected chi connectivity index (χ4v) is 3.05. The molecule has 0 fully saturated rings. The van der Waals surface area contributed by atoms with Gasteiger partial charge in [-0.15, -0.1) is 24.0 Å². The minimum absolute atomic E-state index is 0. The van der Waals surface area contributed by atoms with Gasteiger partial charge in [0.25, 0.3) is 0 Å². The Labute approximate surface area is 203 Å². The maximum atomic E-state index is 12.9. The van der Waals surface area contributed by atoms with Crippen LogP contribution in [-0.2, 0) is 12.7 Å². The first kappa shape index (κ1) is 27.7. The Hall–Kier alpha value is -2.37. The molecule has 0 aromatic heterocycles. The van der Waals surface area contributed by atoms with Crippen molar-refractivity contribution < 1.29 is 27.8 Å². The lowest BCUT2D eigenvalue weighted by atomic mass is 9.96. The summed E-state index contributed by atoms with van der Waals surface area (Å²) in [5.74, 6) is 1.02. The summed E-state index contributed by atoms with van der Waals surface area (Å²) in [7, 11) is 4.54. The van der Waals surface area contributed by atoms with E-state index in [1.807, 2.05) is 6.92 Å². The fourth-order valence-electron chi connectivity index (χ4n) is 3.05. The van der Waals surface area contributed by atoms with E-state index in [2.05, 4.69) is 15.6 Å². The Bertz CT molecular complexity index is 882. The highest BCUT2D eigenvalue weighted by atomic mass is 127. The Morgan fingerprint density at radius 3 is 2.25 bits per heavy atom. The zero-order valence-electron chi connectivity index (χ0n) is 18.4. The van der Waals surface area contributed by atoms with Crippen molar-refractivity contribution in [2.75, 3.05) is 27.8 Å². The number of ether oxygens (including phenoxy) is 2. The number of benzene rings is 2. The second kappa shape index (κ2) is 12.6. The van der Waals surface area contributed by atoms with E-state index in [1.165, 1.54) is 26.4 Å². The van der Waals surface area contributed by atoms with Crippen molar-refractivity contribution in [3.8, 4) is 17.2 Å². The highest BCUT2D eigenvalue weighted by Crippen LogP contribution is 2.37. The maximum absolute atomic E-state index is 12.9. The second-order valence-corrected chi connectivity index (χ2v) is 7.01. The van der Waals surface area contributed by atoms with Crippen molar-refractivity contribution in [2.45, 2.75) is 32.0 Å². The highest BCUT2D eigenvalue weighted by Gasteiger charge is 2.30. The Balaban J connectivity index is 0.00000512. The van der Waals surface area contributed by atoms with Crippen LogP contribution < -0.4 is 20.1 Å². The van der Waals surface area contributed by atoms with Gasteiger partial charge >= 0.3 is 6.18 Å². The van der Waals surface area contributed by atoms with Gasteiger partial charge in [0.05, 0.1) is 19.8 Å². The van der Waals surface area contributed by atoms with E-state index in [0.29, 0.717) is 42.5 Å². The number of alkyl halides is 3. The molecule has 0 aliphatic heterocycles. The van der Waals surface area contributed by atoms with Crippen LogP contribution in [0.4, 0.5) is 13.2 Å². The summed E-state index contributed by atoms with van der Waals surface area (Å²) in [6.45, 7) is 2.82. The van der Waals surface area contributed by atoms with Crippen LogP contribution in [0.5, 0.6) is 17.2 Å². The normalized spacial score (nSPS) is 12.5. The number of phenols is 1. The Morgan fingerprint density at radius 2 is 1.72 bits per heavy atom. The average Bonchev–Trinajstić information content (AvgIpc) is 2.76. The lowest BCUT2D eigenvalue weighted by molar-refractivity contribution is -0.137. The molecule has 0 aliphatic carbocycles. The largest absolute Gasteiger partial charge is 0.502 e. The van der Waals surface area contributed by atoms with Gasteiger partial charge in [0.2, 0.25) is 5.75 Å². The zero-order valence-corrected chi connectivity index (χ0v) is 20.7. The molecule has 3 N–H and O–H groups in total. The van der Waals surface area contributed by atoms with Crippen molar-refractivity contribution in [1.29, 1.82) is 0 Å². The third-order valence-electron chi connectivity index (χ3n) is 4.88. The molecule has 0 aliphatic rings. The number of hydrogen-bond donors (Lipinski definition) is 3. The van der Waals surface area contributed by atoms with Gasteiger partial charge in [-0.25, -0.2) is 0 Å². The number of methoxy groups -OCH3 is 2. The van der Waals surface area contributed by atoms with Crippen molar-refractivity contribution in [1.82, 2.24) is 10.6 Å². The van der Waals surface area contributed by atoms with Gasteiger partial charge in [-0.05, 0) is 41.7 Å². The lowest BCUT2D eigenvalue weighted by Crippen LogP contribution is -2.37. The van der Waals surface area contributed by atoms with Crippen molar-refractivity contribution >= 4 is 29.9 Å². The Kier molecular flexibility index (Phi) is 10.9. The number of guanidine groups is 1. The van der Waals surface area contributed by atoms with Gasteiger partial charge in [0, 0.05) is 20.1 Å². The summed E-state index contributed by atoms with van der Waals surface area (Å²) >= 11 is 0. The first-order valence-electron chi connectivity index (χ1n) is 9.75. The van der Waals surface area contributed by atoms with Gasteiger partial charge in [-0.2, -0.15) is 13.2 Å². The zero-order chi connectivity index (χ0) is 23.0. The molecule has 32 heavy (non-hydrogen) atoms. The second-order valence-electron chi connectivity index (χ2n) is 7.01. The molecule has 1 atom stereocenters. The van der Waals surface area contributed by atoms with E-state index in [0.717, 1.165) is 11.6 Å². The molecular weight excluding hydrogens is 538 g/mol. The van der Waals surface area contributed by atoms with E-state index < -0.39 is 11.7 Å². The summed E-state index contributed by atoms with van der Waals surface area (Å²) in [6, 6.07) is 8.79. The van der Waals surface area contributed by atoms with Gasteiger partial charge in [-0.3, -0.25) is 4.99 Å². The summed E-state index contributed by atoms with van der Waals surface area (Å²) in [5.41, 5.74) is 0.816. The Morgan fingerprint density at radius 1 is 1.09 bits per heavy atom. The smallest absolute Gasteiger partial charge is 0.416 e. The van der Waals surface area contributed by atoms with Crippen LogP contribution >= 0.6 is 24.0 Å². The number of halogens is 4. The molecule has 1 unspecified atom stereocenters. The molecule has 0 spiro atoms. The van der Waals surface area contributed by atoms with Crippen LogP contribution in [0.15, 0.2) is 41.4 Å². The molecule has 0 heterocycles. The van der Waals surface area contributed by atoms with E-state index in [1.54, 1.807) is 25.2 Å². The molecule has 6 nitrogen and oxygen atoms in total. The predicted molar refractivity (Wildman–Crippen MR) is 129 cm³/mol. The van der Waals surface area contributed by atoms with Gasteiger partial charge in [-0.1, -0.05) is 25.1 Å². The SMILES string of the molecule is CN=C(NCCC(C)c1cccc(C(F)(F)F)c1)NCc1cc(OC)c(O)c(OC)c1.I. The maximum Gasteiger partial charge on any atom is 0.416 e. The fraction of sp³-hybridized carbons (Fsp3) is 0.409. The molecule has 2 aromatic carbocycles. The minimum atomic E-state index is -4.35. The number of nitrogens with zero attached hydrogens (tertiary/aromatic N) is 1. The third kappa shape index (κ3) is 7.64. The van der Waals surface area contributed by atoms with E-state index >= 15 is 0 Å². The first-order chi connectivity index (χ1) is 14.7. The highest BCUT2D eigenvalue weighted by molar-refractivity contribution is 14.0. The number of rotatable bonds is 8. The van der Waals surface area contributed by atoms with Crippen LogP contribution in [0, 0.1) is 0 Å². The predicted octanol–water partition coefficient (Wildman–Crippen LogP) is 4.91. The van der Waals surface area contributed by atoms with Crippen molar-refractivity contribution in [3.05, 3.63) is 53.1 Å². The van der Waals surface area contributed by atoms with Crippen LogP contribution in [0.1, 0.15) is 36.0 Å². The van der Waals surface area contributed by atoms with E-state index in [9.17, 15) is 18.3 Å². The number of phenolic OH excluding ortho intramolecular Hbond substituents is 1.